The van der Waals surface area contributed by atoms with Crippen LogP contribution < -0.4 is 10.0 Å². The minimum absolute atomic E-state index is 0. The van der Waals surface area contributed by atoms with E-state index in [1.807, 2.05) is 4.72 Å². The van der Waals surface area contributed by atoms with Crippen LogP contribution >= 0.6 is 0 Å². The number of hydrogen-bond acceptors (Lipinski definition) is 4. The summed E-state index contributed by atoms with van der Waals surface area (Å²) in [7, 11) is -3.57. The molecular formula is C13H30N2O4S. The number of rotatable bonds is 11. The topological polar surface area (TPSA) is 92.3 Å². The van der Waals surface area contributed by atoms with E-state index >= 15 is 0 Å². The molecule has 0 fully saturated rings. The Bertz CT molecular complexity index is 403. The van der Waals surface area contributed by atoms with Crippen LogP contribution in [0.25, 0.3) is 0 Å². The molecule has 0 aromatic carbocycles. The van der Waals surface area contributed by atoms with Crippen LogP contribution in [-0.2, 0) is 19.6 Å². The normalized spacial score (nSPS) is 11.1. The average molecular weight is 310 g/mol. The van der Waals surface area contributed by atoms with Crippen molar-refractivity contribution in [1.29, 1.82) is 0 Å². The van der Waals surface area contributed by atoms with Gasteiger partial charge in [0.05, 0.1) is 5.75 Å². The van der Waals surface area contributed by atoms with E-state index in [9.17, 15) is 18.0 Å². The Kier molecular flexibility index (Phi) is 10.1. The number of carbonyl (C=O) groups is 2. The largest absolute Gasteiger partial charge is 0.356 e. The van der Waals surface area contributed by atoms with Crippen molar-refractivity contribution in [2.45, 2.75) is 58.8 Å². The molecule has 7 heteroatoms. The molecule has 0 aromatic heterocycles. The van der Waals surface area contributed by atoms with E-state index in [1.54, 1.807) is 6.92 Å². The Hall–Kier alpha value is -1.11. The molecule has 122 valence electrons. The molecule has 0 radical (unpaired) electrons. The maximum Gasteiger partial charge on any atom is 0.234 e. The van der Waals surface area contributed by atoms with Gasteiger partial charge in [0.2, 0.25) is 21.8 Å². The fourth-order valence-corrected chi connectivity index (χ4v) is 2.69. The summed E-state index contributed by atoms with van der Waals surface area (Å²) in [5, 5.41) is 2.68. The summed E-state index contributed by atoms with van der Waals surface area (Å²) in [6.07, 6.45) is 4.52. The van der Waals surface area contributed by atoms with Gasteiger partial charge in [0, 0.05) is 22.2 Å². The van der Waals surface area contributed by atoms with Crippen LogP contribution in [-0.4, -0.2) is 32.5 Å². The molecule has 0 unspecified atom stereocenters. The van der Waals surface area contributed by atoms with E-state index in [0.29, 0.717) is 25.8 Å². The third-order valence-corrected chi connectivity index (χ3v) is 4.03. The molecule has 0 aromatic rings. The molecule has 6 nitrogen and oxygen atoms in total. The fourth-order valence-electron chi connectivity index (χ4n) is 1.62. The van der Waals surface area contributed by atoms with Gasteiger partial charge in [-0.15, -0.1) is 0 Å². The summed E-state index contributed by atoms with van der Waals surface area (Å²) in [5.74, 6) is -0.681. The Morgan fingerprint density at radius 2 is 1.65 bits per heavy atom. The molecule has 0 bridgehead atoms. The molecule has 0 heterocycles. The molecule has 2 amide bonds. The van der Waals surface area contributed by atoms with Crippen molar-refractivity contribution in [3.05, 3.63) is 0 Å². The van der Waals surface area contributed by atoms with E-state index in [0.717, 1.165) is 19.3 Å². The molecule has 0 rings (SSSR count). The fraction of sp³-hybridized carbons (Fsp3) is 0.846. The summed E-state index contributed by atoms with van der Waals surface area (Å²) in [5.41, 5.74) is 0. The van der Waals surface area contributed by atoms with E-state index in [-0.39, 0.29) is 20.9 Å². The smallest absolute Gasteiger partial charge is 0.234 e. The van der Waals surface area contributed by atoms with Crippen LogP contribution in [0.1, 0.15) is 61.6 Å². The molecule has 0 aliphatic carbocycles. The molecule has 0 saturated heterocycles. The highest BCUT2D eigenvalue weighted by Gasteiger charge is 2.13. The zero-order valence-corrected chi connectivity index (χ0v) is 13.2. The van der Waals surface area contributed by atoms with Crippen molar-refractivity contribution in [2.24, 2.45) is 0 Å². The number of nitrogens with one attached hydrogen (secondary N) is 2. The lowest BCUT2D eigenvalue weighted by Crippen LogP contribution is -2.33. The summed E-state index contributed by atoms with van der Waals surface area (Å²) in [4.78, 5) is 22.6. The molecule has 0 spiro atoms. The van der Waals surface area contributed by atoms with Crippen LogP contribution in [0.3, 0.4) is 0 Å². The van der Waals surface area contributed by atoms with Gasteiger partial charge in [-0.3, -0.25) is 14.3 Å². The van der Waals surface area contributed by atoms with E-state index in [4.69, 9.17) is 0 Å². The minimum Gasteiger partial charge on any atom is -0.356 e. The van der Waals surface area contributed by atoms with Gasteiger partial charge in [0.15, 0.2) is 0 Å². The molecule has 0 atom stereocenters. The number of unbranched alkanes of at least 4 members (excludes halogenated alkanes) is 2. The Labute approximate surface area is 124 Å². The Morgan fingerprint density at radius 1 is 0.950 bits per heavy atom. The first-order valence-electron chi connectivity index (χ1n) is 7.21. The van der Waals surface area contributed by atoms with Crippen molar-refractivity contribution in [1.82, 2.24) is 10.0 Å². The van der Waals surface area contributed by atoms with Crippen LogP contribution in [0.4, 0.5) is 0 Å². The lowest BCUT2D eigenvalue weighted by Gasteiger charge is -2.07. The second-order valence-corrected chi connectivity index (χ2v) is 6.60. The van der Waals surface area contributed by atoms with Crippen LogP contribution in [0, 0.1) is 0 Å². The summed E-state index contributed by atoms with van der Waals surface area (Å²) < 4.78 is 25.1. The maximum atomic E-state index is 11.5. The van der Waals surface area contributed by atoms with Gasteiger partial charge < -0.3 is 5.32 Å². The van der Waals surface area contributed by atoms with Crippen molar-refractivity contribution >= 4 is 21.8 Å². The first-order chi connectivity index (χ1) is 9.41. The second-order valence-electron chi connectivity index (χ2n) is 4.75. The van der Waals surface area contributed by atoms with E-state index in [1.165, 1.54) is 0 Å². The summed E-state index contributed by atoms with van der Waals surface area (Å²) in [6, 6.07) is 0. The summed E-state index contributed by atoms with van der Waals surface area (Å²) >= 11 is 0. The zero-order chi connectivity index (χ0) is 15.4. The van der Waals surface area contributed by atoms with Crippen LogP contribution in [0.2, 0.25) is 0 Å². The highest BCUT2D eigenvalue weighted by atomic mass is 32.2. The van der Waals surface area contributed by atoms with Gasteiger partial charge in [-0.1, -0.05) is 26.7 Å². The number of amides is 2. The maximum absolute atomic E-state index is 11.5. The molecule has 20 heavy (non-hydrogen) atoms. The quantitative estimate of drug-likeness (QED) is 0.569. The third-order valence-electron chi connectivity index (χ3n) is 2.67. The van der Waals surface area contributed by atoms with Crippen molar-refractivity contribution in [3.8, 4) is 0 Å². The zero-order valence-electron chi connectivity index (χ0n) is 12.4. The molecule has 0 aliphatic rings. The molecular weight excluding hydrogens is 280 g/mol. The van der Waals surface area contributed by atoms with Gasteiger partial charge in [-0.05, 0) is 19.3 Å². The van der Waals surface area contributed by atoms with Crippen molar-refractivity contribution in [2.75, 3.05) is 12.3 Å². The number of carbonyl (C=O) groups excluding carboxylic acids is 2. The second kappa shape index (κ2) is 10.7. The first-order valence-corrected chi connectivity index (χ1v) is 8.86. The Morgan fingerprint density at radius 3 is 2.25 bits per heavy atom. The van der Waals surface area contributed by atoms with Gasteiger partial charge in [-0.2, -0.15) is 0 Å². The van der Waals surface area contributed by atoms with Gasteiger partial charge in [-0.25, -0.2) is 8.42 Å². The number of hydrogen-bond donors (Lipinski definition) is 2. The third kappa shape index (κ3) is 10.8. The van der Waals surface area contributed by atoms with E-state index in [2.05, 4.69) is 12.2 Å². The lowest BCUT2D eigenvalue weighted by atomic mass is 10.2. The predicted molar refractivity (Wildman–Crippen MR) is 82.8 cm³/mol. The molecule has 0 aliphatic heterocycles. The highest BCUT2D eigenvalue weighted by molar-refractivity contribution is 7.90. The van der Waals surface area contributed by atoms with Gasteiger partial charge in [0.1, 0.15) is 0 Å². The lowest BCUT2D eigenvalue weighted by molar-refractivity contribution is -0.121. The standard InChI is InChI=1S/C13H26N2O4S.2H2/c1-3-5-6-9-12(16)14-10-7-11-20(18,19)15-13(17)8-4-2;;/h3-11H2,1-2H3,(H,14,16)(H,15,17);2*1H. The van der Waals surface area contributed by atoms with Crippen molar-refractivity contribution in [3.63, 3.8) is 0 Å². The number of sulfonamides is 1. The SMILES string of the molecule is CCCCCC(=O)NCCCS(=O)(=O)NC(=O)CCC.[HH].[HH]. The monoisotopic (exact) mass is 310 g/mol. The predicted octanol–water partition coefficient (Wildman–Crippen LogP) is 1.81. The van der Waals surface area contributed by atoms with E-state index < -0.39 is 15.9 Å². The first kappa shape index (κ1) is 18.9. The van der Waals surface area contributed by atoms with Crippen LogP contribution in [0.15, 0.2) is 0 Å². The van der Waals surface area contributed by atoms with Gasteiger partial charge >= 0.3 is 0 Å². The Balaban J connectivity index is -0.00000180. The molecule has 0 saturated carbocycles. The molecule has 2 N–H and O–H groups in total. The average Bonchev–Trinajstić information content (AvgIpc) is 2.34. The van der Waals surface area contributed by atoms with Crippen molar-refractivity contribution < 1.29 is 20.9 Å². The van der Waals surface area contributed by atoms with Gasteiger partial charge in [0.25, 0.3) is 0 Å². The summed E-state index contributed by atoms with van der Waals surface area (Å²) in [6.45, 7) is 4.18. The van der Waals surface area contributed by atoms with Crippen LogP contribution in [0.5, 0.6) is 0 Å². The minimum atomic E-state index is -3.57. The highest BCUT2D eigenvalue weighted by Crippen LogP contribution is 1.98.